The first-order valence-corrected chi connectivity index (χ1v) is 9.07. The van der Waals surface area contributed by atoms with E-state index in [1.807, 2.05) is 6.92 Å². The molecule has 0 aromatic carbocycles. The fraction of sp³-hybridized carbons (Fsp3) is 0.636. The third kappa shape index (κ3) is 2.91. The van der Waals surface area contributed by atoms with E-state index >= 15 is 0 Å². The maximum Gasteiger partial charge on any atom is 0.244 e. The van der Waals surface area contributed by atoms with Crippen molar-refractivity contribution in [3.63, 3.8) is 0 Å². The predicted molar refractivity (Wildman–Crippen MR) is 72.7 cm³/mol. The van der Waals surface area contributed by atoms with Gasteiger partial charge >= 0.3 is 0 Å². The number of hydrogen-bond acceptors (Lipinski definition) is 4. The molecule has 0 spiro atoms. The molecule has 0 unspecified atom stereocenters. The number of rotatable bonds is 4. The van der Waals surface area contributed by atoms with Crippen molar-refractivity contribution in [2.45, 2.75) is 25.0 Å². The number of aliphatic hydroxyl groups excluding tert-OH is 1. The summed E-state index contributed by atoms with van der Waals surface area (Å²) in [5.74, 6) is 0.779. The van der Waals surface area contributed by atoms with Gasteiger partial charge in [0, 0.05) is 53.8 Å². The molecule has 8 heteroatoms. The lowest BCUT2D eigenvalue weighted by atomic mass is 10.4. The summed E-state index contributed by atoms with van der Waals surface area (Å²) in [5.41, 5.74) is 0.585. The molecule has 1 aromatic heterocycles. The lowest BCUT2D eigenvalue weighted by molar-refractivity contribution is 0.271. The number of aromatic nitrogens is 1. The second-order valence-electron chi connectivity index (χ2n) is 4.36. The highest BCUT2D eigenvalue weighted by molar-refractivity contribution is 7.89. The summed E-state index contributed by atoms with van der Waals surface area (Å²) in [6.07, 6.45) is 1.55. The monoisotopic (exact) mass is 306 g/mol. The molecule has 0 aliphatic carbocycles. The summed E-state index contributed by atoms with van der Waals surface area (Å²) in [7, 11) is -4.45. The highest BCUT2D eigenvalue weighted by Crippen LogP contribution is 2.20. The molecule has 0 atom stereocenters. The predicted octanol–water partition coefficient (Wildman–Crippen LogP) is -0.247. The van der Waals surface area contributed by atoms with Crippen LogP contribution in [0.5, 0.6) is 0 Å². The van der Waals surface area contributed by atoms with E-state index in [4.69, 9.17) is 0 Å². The van der Waals surface area contributed by atoms with Crippen LogP contribution in [0.2, 0.25) is 0 Å². The van der Waals surface area contributed by atoms with Crippen LogP contribution in [-0.2, 0) is 34.0 Å². The summed E-state index contributed by atoms with van der Waals surface area (Å²) in [6.45, 7) is 2.89. The van der Waals surface area contributed by atoms with Gasteiger partial charge in [0.2, 0.25) is 10.0 Å². The van der Waals surface area contributed by atoms with Crippen LogP contribution in [0, 0.1) is 0 Å². The Bertz CT molecular complexity index is 548. The Morgan fingerprint density at radius 3 is 2.47 bits per heavy atom. The molecule has 1 aromatic rings. The van der Waals surface area contributed by atoms with Crippen LogP contribution in [0.15, 0.2) is 17.2 Å². The van der Waals surface area contributed by atoms with E-state index in [0.29, 0.717) is 36.8 Å². The maximum atomic E-state index is 12.4. The van der Waals surface area contributed by atoms with Crippen LogP contribution >= 0.6 is 0 Å². The zero-order valence-corrected chi connectivity index (χ0v) is 12.4. The quantitative estimate of drug-likeness (QED) is 0.832. The molecule has 6 nitrogen and oxygen atoms in total. The molecule has 1 saturated heterocycles. The average Bonchev–Trinajstić information content (AvgIpc) is 2.83. The van der Waals surface area contributed by atoms with Crippen LogP contribution in [0.3, 0.4) is 0 Å². The standard InChI is InChI=1S/C11H18N2O4S2/c1-2-12-8-11(7-10(12)9-14)19(16,17)13-3-5-18(15)6-4-13/h7-8,14H,2-6,9H2,1H3. The molecular formula is C11H18N2O4S2. The minimum absolute atomic E-state index is 0.187. The van der Waals surface area contributed by atoms with Crippen molar-refractivity contribution in [1.29, 1.82) is 0 Å². The van der Waals surface area contributed by atoms with Crippen LogP contribution in [0.1, 0.15) is 12.6 Å². The van der Waals surface area contributed by atoms with Crippen molar-refractivity contribution in [2.75, 3.05) is 24.6 Å². The first-order valence-electron chi connectivity index (χ1n) is 6.14. The molecule has 0 bridgehead atoms. The smallest absolute Gasteiger partial charge is 0.244 e. The largest absolute Gasteiger partial charge is 0.390 e. The Morgan fingerprint density at radius 1 is 1.37 bits per heavy atom. The van der Waals surface area contributed by atoms with E-state index in [1.165, 1.54) is 10.4 Å². The number of sulfonamides is 1. The van der Waals surface area contributed by atoms with Crippen molar-refractivity contribution in [1.82, 2.24) is 8.87 Å². The fourth-order valence-electron chi connectivity index (χ4n) is 2.10. The molecule has 1 N–H and O–H groups in total. The highest BCUT2D eigenvalue weighted by atomic mass is 32.2. The fourth-order valence-corrected chi connectivity index (χ4v) is 4.89. The van der Waals surface area contributed by atoms with Gasteiger partial charge in [-0.3, -0.25) is 4.21 Å². The summed E-state index contributed by atoms with van der Waals surface area (Å²) < 4.78 is 39.2. The zero-order valence-electron chi connectivity index (χ0n) is 10.8. The molecule has 2 heterocycles. The third-order valence-electron chi connectivity index (χ3n) is 3.24. The van der Waals surface area contributed by atoms with Gasteiger partial charge in [-0.15, -0.1) is 0 Å². The molecular weight excluding hydrogens is 288 g/mol. The maximum absolute atomic E-state index is 12.4. The number of aliphatic hydroxyl groups is 1. The second kappa shape index (κ2) is 5.74. The van der Waals surface area contributed by atoms with Crippen molar-refractivity contribution in [3.8, 4) is 0 Å². The Morgan fingerprint density at radius 2 is 2.00 bits per heavy atom. The molecule has 0 saturated carbocycles. The van der Waals surface area contributed by atoms with Crippen LogP contribution < -0.4 is 0 Å². The van der Waals surface area contributed by atoms with E-state index < -0.39 is 20.8 Å². The van der Waals surface area contributed by atoms with Gasteiger partial charge in [-0.2, -0.15) is 4.31 Å². The van der Waals surface area contributed by atoms with E-state index in [-0.39, 0.29) is 11.5 Å². The van der Waals surface area contributed by atoms with Gasteiger partial charge in [0.05, 0.1) is 6.61 Å². The summed E-state index contributed by atoms with van der Waals surface area (Å²) in [5, 5.41) is 9.20. The zero-order chi connectivity index (χ0) is 14.0. The van der Waals surface area contributed by atoms with Crippen LogP contribution in [0.4, 0.5) is 0 Å². The minimum Gasteiger partial charge on any atom is -0.390 e. The van der Waals surface area contributed by atoms with Gasteiger partial charge in [-0.05, 0) is 13.0 Å². The number of nitrogens with zero attached hydrogens (tertiary/aromatic N) is 2. The van der Waals surface area contributed by atoms with Crippen molar-refractivity contribution in [2.24, 2.45) is 0 Å². The van der Waals surface area contributed by atoms with Crippen molar-refractivity contribution >= 4 is 20.8 Å². The molecule has 0 amide bonds. The third-order valence-corrected chi connectivity index (χ3v) is 6.38. The average molecular weight is 306 g/mol. The number of hydrogen-bond donors (Lipinski definition) is 1. The van der Waals surface area contributed by atoms with Crippen molar-refractivity contribution < 1.29 is 17.7 Å². The van der Waals surface area contributed by atoms with Gasteiger partial charge in [-0.1, -0.05) is 0 Å². The van der Waals surface area contributed by atoms with Crippen LogP contribution in [0.25, 0.3) is 0 Å². The Hall–Kier alpha value is -0.700. The lowest BCUT2D eigenvalue weighted by Gasteiger charge is -2.24. The minimum atomic E-state index is -3.54. The van der Waals surface area contributed by atoms with Crippen molar-refractivity contribution in [3.05, 3.63) is 18.0 Å². The Labute approximate surface area is 115 Å². The van der Waals surface area contributed by atoms with Gasteiger partial charge < -0.3 is 9.67 Å². The Kier molecular flexibility index (Phi) is 4.44. The normalized spacial score (nSPS) is 18.8. The molecule has 19 heavy (non-hydrogen) atoms. The van der Waals surface area contributed by atoms with E-state index in [0.717, 1.165) is 0 Å². The molecule has 108 valence electrons. The summed E-state index contributed by atoms with van der Waals surface area (Å²) in [4.78, 5) is 0.200. The molecule has 0 radical (unpaired) electrons. The van der Waals surface area contributed by atoms with Gasteiger partial charge in [0.25, 0.3) is 0 Å². The van der Waals surface area contributed by atoms with Gasteiger partial charge in [0.15, 0.2) is 0 Å². The summed E-state index contributed by atoms with van der Waals surface area (Å²) >= 11 is 0. The SMILES string of the molecule is CCn1cc(S(=O)(=O)N2CCS(=O)CC2)cc1CO. The molecule has 1 aliphatic rings. The van der Waals surface area contributed by atoms with E-state index in [1.54, 1.807) is 10.8 Å². The number of aryl methyl sites for hydroxylation is 1. The Balaban J connectivity index is 2.29. The van der Waals surface area contributed by atoms with E-state index in [2.05, 4.69) is 0 Å². The topological polar surface area (TPSA) is 79.6 Å². The van der Waals surface area contributed by atoms with Gasteiger partial charge in [-0.25, -0.2) is 8.42 Å². The first-order chi connectivity index (χ1) is 8.98. The van der Waals surface area contributed by atoms with E-state index in [9.17, 15) is 17.7 Å². The second-order valence-corrected chi connectivity index (χ2v) is 8.00. The molecule has 1 aliphatic heterocycles. The summed E-state index contributed by atoms with van der Waals surface area (Å²) in [6, 6.07) is 1.50. The first kappa shape index (κ1) is 14.7. The molecule has 2 rings (SSSR count). The lowest BCUT2D eigenvalue weighted by Crippen LogP contribution is -2.41. The molecule has 1 fully saturated rings. The van der Waals surface area contributed by atoms with Gasteiger partial charge in [0.1, 0.15) is 4.90 Å². The highest BCUT2D eigenvalue weighted by Gasteiger charge is 2.29. The van der Waals surface area contributed by atoms with Crippen LogP contribution in [-0.4, -0.2) is 51.2 Å².